The molecule has 2 aromatic rings. The van der Waals surface area contributed by atoms with Crippen LogP contribution in [0.5, 0.6) is 0 Å². The standard InChI is InChI=1S/C19H18F3N3O/c1-2-11-24(12-14-7-4-3-5-8-14)17(26)13-25-16-10-6-9-15(16)18(23-25)19(20,21)22/h1,3-5,7-8H,6,9-13H2. The number of aromatic nitrogens is 2. The summed E-state index contributed by atoms with van der Waals surface area (Å²) in [5, 5.41) is 3.69. The molecule has 1 heterocycles. The Hall–Kier alpha value is -2.75. The van der Waals surface area contributed by atoms with Gasteiger partial charge in [-0.15, -0.1) is 6.42 Å². The summed E-state index contributed by atoms with van der Waals surface area (Å²) in [5.74, 6) is 2.08. The number of benzene rings is 1. The lowest BCUT2D eigenvalue weighted by atomic mass is 10.2. The first-order valence-electron chi connectivity index (χ1n) is 8.31. The number of nitrogens with zero attached hydrogens (tertiary/aromatic N) is 3. The van der Waals surface area contributed by atoms with Crippen molar-refractivity contribution in [2.75, 3.05) is 6.54 Å². The Morgan fingerprint density at radius 2 is 2.00 bits per heavy atom. The molecule has 26 heavy (non-hydrogen) atoms. The van der Waals surface area contributed by atoms with Crippen LogP contribution in [0.4, 0.5) is 13.2 Å². The van der Waals surface area contributed by atoms with Crippen LogP contribution in [0.25, 0.3) is 0 Å². The minimum Gasteiger partial charge on any atom is -0.326 e. The first-order valence-corrected chi connectivity index (χ1v) is 8.31. The number of amides is 1. The molecule has 0 spiro atoms. The van der Waals surface area contributed by atoms with E-state index in [1.165, 1.54) is 9.58 Å². The fraction of sp³-hybridized carbons (Fsp3) is 0.368. The van der Waals surface area contributed by atoms with Crippen LogP contribution in [0.15, 0.2) is 30.3 Å². The van der Waals surface area contributed by atoms with Gasteiger partial charge >= 0.3 is 6.18 Å². The summed E-state index contributed by atoms with van der Waals surface area (Å²) in [6, 6.07) is 9.30. The Bertz CT molecular complexity index is 834. The predicted octanol–water partition coefficient (Wildman–Crippen LogP) is 3.05. The predicted molar refractivity (Wildman–Crippen MR) is 89.9 cm³/mol. The average Bonchev–Trinajstić information content (AvgIpc) is 3.18. The summed E-state index contributed by atoms with van der Waals surface area (Å²) >= 11 is 0. The highest BCUT2D eigenvalue weighted by Crippen LogP contribution is 2.36. The van der Waals surface area contributed by atoms with Gasteiger partial charge in [0.1, 0.15) is 6.54 Å². The lowest BCUT2D eigenvalue weighted by Gasteiger charge is -2.21. The first kappa shape index (κ1) is 18.1. The Morgan fingerprint density at radius 3 is 2.65 bits per heavy atom. The molecule has 0 unspecified atom stereocenters. The molecule has 1 aliphatic rings. The van der Waals surface area contributed by atoms with Gasteiger partial charge in [-0.05, 0) is 24.8 Å². The minimum absolute atomic E-state index is 0.0866. The highest BCUT2D eigenvalue weighted by atomic mass is 19.4. The van der Waals surface area contributed by atoms with Crippen molar-refractivity contribution in [3.8, 4) is 12.3 Å². The van der Waals surface area contributed by atoms with Crippen molar-refractivity contribution in [3.63, 3.8) is 0 Å². The van der Waals surface area contributed by atoms with Crippen LogP contribution in [0.2, 0.25) is 0 Å². The molecule has 1 aliphatic carbocycles. The van der Waals surface area contributed by atoms with Crippen LogP contribution < -0.4 is 0 Å². The molecule has 136 valence electrons. The number of carbonyl (C=O) groups is 1. The molecule has 0 bridgehead atoms. The van der Waals surface area contributed by atoms with Gasteiger partial charge in [-0.2, -0.15) is 18.3 Å². The number of rotatable bonds is 5. The SMILES string of the molecule is C#CCN(Cc1ccccc1)C(=O)Cn1nc(C(F)(F)F)c2c1CCC2. The third-order valence-electron chi connectivity index (χ3n) is 4.41. The zero-order valence-electron chi connectivity index (χ0n) is 14.1. The maximum absolute atomic E-state index is 13.2. The van der Waals surface area contributed by atoms with Gasteiger partial charge in [0.05, 0.1) is 6.54 Å². The van der Waals surface area contributed by atoms with E-state index in [9.17, 15) is 18.0 Å². The van der Waals surface area contributed by atoms with Crippen LogP contribution in [-0.4, -0.2) is 27.1 Å². The maximum atomic E-state index is 13.2. The lowest BCUT2D eigenvalue weighted by Crippen LogP contribution is -2.34. The van der Waals surface area contributed by atoms with Crippen molar-refractivity contribution in [2.45, 2.75) is 38.5 Å². The molecule has 0 fully saturated rings. The van der Waals surface area contributed by atoms with Crippen LogP contribution in [0, 0.1) is 12.3 Å². The first-order chi connectivity index (χ1) is 12.4. The number of hydrogen-bond donors (Lipinski definition) is 0. The van der Waals surface area contributed by atoms with Crippen LogP contribution in [-0.2, 0) is 36.9 Å². The fourth-order valence-electron chi connectivity index (χ4n) is 3.24. The number of carbonyl (C=O) groups excluding carboxylic acids is 1. The van der Waals surface area contributed by atoms with Crippen molar-refractivity contribution < 1.29 is 18.0 Å². The van der Waals surface area contributed by atoms with Crippen LogP contribution in [0.3, 0.4) is 0 Å². The van der Waals surface area contributed by atoms with Crippen molar-refractivity contribution in [3.05, 3.63) is 52.8 Å². The number of alkyl halides is 3. The molecular formula is C19H18F3N3O. The van der Waals surface area contributed by atoms with Crippen LogP contribution in [0.1, 0.15) is 28.9 Å². The highest BCUT2D eigenvalue weighted by molar-refractivity contribution is 5.76. The normalized spacial score (nSPS) is 13.3. The monoisotopic (exact) mass is 361 g/mol. The van der Waals surface area contributed by atoms with E-state index < -0.39 is 11.9 Å². The molecule has 3 rings (SSSR count). The van der Waals surface area contributed by atoms with Gasteiger partial charge in [0.2, 0.25) is 5.91 Å². The Labute approximate surface area is 149 Å². The number of halogens is 3. The molecule has 0 aliphatic heterocycles. The fourth-order valence-corrected chi connectivity index (χ4v) is 3.24. The van der Waals surface area contributed by atoms with E-state index >= 15 is 0 Å². The molecule has 1 amide bonds. The number of fused-ring (bicyclic) bond motifs is 1. The van der Waals surface area contributed by atoms with Gasteiger partial charge in [-0.1, -0.05) is 36.3 Å². The molecule has 0 saturated heterocycles. The molecular weight excluding hydrogens is 343 g/mol. The summed E-state index contributed by atoms with van der Waals surface area (Å²) in [6.45, 7) is 0.149. The molecule has 0 radical (unpaired) electrons. The molecule has 0 N–H and O–H groups in total. The molecule has 0 saturated carbocycles. The van der Waals surface area contributed by atoms with Gasteiger partial charge < -0.3 is 4.90 Å². The van der Waals surface area contributed by atoms with Gasteiger partial charge in [-0.3, -0.25) is 9.48 Å². The van der Waals surface area contributed by atoms with E-state index in [-0.39, 0.29) is 24.6 Å². The average molecular weight is 361 g/mol. The second kappa shape index (κ2) is 7.24. The van der Waals surface area contributed by atoms with Gasteiger partial charge in [0.15, 0.2) is 5.69 Å². The Balaban J connectivity index is 1.81. The maximum Gasteiger partial charge on any atom is 0.435 e. The van der Waals surface area contributed by atoms with Crippen LogP contribution >= 0.6 is 0 Å². The van der Waals surface area contributed by atoms with Crippen molar-refractivity contribution >= 4 is 5.91 Å². The van der Waals surface area contributed by atoms with Crippen molar-refractivity contribution in [1.29, 1.82) is 0 Å². The van der Waals surface area contributed by atoms with E-state index in [4.69, 9.17) is 6.42 Å². The third kappa shape index (κ3) is 3.74. The second-order valence-corrected chi connectivity index (χ2v) is 6.22. The Kier molecular flexibility index (Phi) is 5.03. The largest absolute Gasteiger partial charge is 0.435 e. The smallest absolute Gasteiger partial charge is 0.326 e. The quantitative estimate of drug-likeness (QED) is 0.768. The lowest BCUT2D eigenvalue weighted by molar-refractivity contribution is -0.142. The topological polar surface area (TPSA) is 38.1 Å². The summed E-state index contributed by atoms with van der Waals surface area (Å²) in [6.07, 6.45) is 2.33. The number of hydrogen-bond acceptors (Lipinski definition) is 2. The molecule has 1 aromatic heterocycles. The summed E-state index contributed by atoms with van der Waals surface area (Å²) in [5.41, 5.74) is 0.755. The zero-order valence-corrected chi connectivity index (χ0v) is 14.1. The van der Waals surface area contributed by atoms with Gasteiger partial charge in [0, 0.05) is 17.8 Å². The summed E-state index contributed by atoms with van der Waals surface area (Å²) < 4.78 is 40.7. The van der Waals surface area contributed by atoms with Gasteiger partial charge in [-0.25, -0.2) is 0 Å². The Morgan fingerprint density at radius 1 is 1.27 bits per heavy atom. The summed E-state index contributed by atoms with van der Waals surface area (Å²) in [7, 11) is 0. The number of terminal acetylenes is 1. The van der Waals surface area contributed by atoms with Crippen molar-refractivity contribution in [2.24, 2.45) is 0 Å². The van der Waals surface area contributed by atoms with E-state index in [1.807, 2.05) is 30.3 Å². The molecule has 0 atom stereocenters. The van der Waals surface area contributed by atoms with E-state index in [2.05, 4.69) is 11.0 Å². The van der Waals surface area contributed by atoms with Gasteiger partial charge in [0.25, 0.3) is 0 Å². The second-order valence-electron chi connectivity index (χ2n) is 6.22. The van der Waals surface area contributed by atoms with Crippen molar-refractivity contribution in [1.82, 2.24) is 14.7 Å². The molecule has 1 aromatic carbocycles. The zero-order chi connectivity index (χ0) is 18.7. The van der Waals surface area contributed by atoms with E-state index in [0.717, 1.165) is 5.56 Å². The van der Waals surface area contributed by atoms with E-state index in [1.54, 1.807) is 0 Å². The highest BCUT2D eigenvalue weighted by Gasteiger charge is 2.40. The molecule has 7 heteroatoms. The molecule has 4 nitrogen and oxygen atoms in total. The third-order valence-corrected chi connectivity index (χ3v) is 4.41. The summed E-state index contributed by atoms with van der Waals surface area (Å²) in [4.78, 5) is 14.1. The minimum atomic E-state index is -4.51. The van der Waals surface area contributed by atoms with E-state index in [0.29, 0.717) is 31.5 Å².